The highest BCUT2D eigenvalue weighted by Crippen LogP contribution is 2.43. The molecule has 3 heteroatoms. The summed E-state index contributed by atoms with van der Waals surface area (Å²) in [6.45, 7) is 6.70. The molecule has 1 unspecified atom stereocenters. The van der Waals surface area contributed by atoms with E-state index in [4.69, 9.17) is 5.84 Å². The van der Waals surface area contributed by atoms with Gasteiger partial charge in [0.1, 0.15) is 0 Å². The zero-order valence-corrected chi connectivity index (χ0v) is 14.2. The maximum atomic E-state index is 6.00. The molecule has 0 saturated heterocycles. The zero-order chi connectivity index (χ0) is 15.6. The predicted molar refractivity (Wildman–Crippen MR) is 90.0 cm³/mol. The summed E-state index contributed by atoms with van der Waals surface area (Å²) in [4.78, 5) is 2.39. The normalized spacial score (nSPS) is 27.9. The number of nitrogens with one attached hydrogen (secondary N) is 1. The Morgan fingerprint density at radius 1 is 1.19 bits per heavy atom. The lowest BCUT2D eigenvalue weighted by Crippen LogP contribution is -2.56. The summed E-state index contributed by atoms with van der Waals surface area (Å²) in [6.07, 6.45) is 4.95. The predicted octanol–water partition coefficient (Wildman–Crippen LogP) is 3.32. The van der Waals surface area contributed by atoms with Gasteiger partial charge in [0.2, 0.25) is 0 Å². The Balaban J connectivity index is 2.38. The lowest BCUT2D eigenvalue weighted by atomic mass is 9.70. The second-order valence-electron chi connectivity index (χ2n) is 7.12. The van der Waals surface area contributed by atoms with E-state index in [0.29, 0.717) is 0 Å². The molecule has 3 N–H and O–H groups in total. The molecule has 0 radical (unpaired) electrons. The third-order valence-electron chi connectivity index (χ3n) is 5.60. The van der Waals surface area contributed by atoms with Gasteiger partial charge in [-0.15, -0.1) is 0 Å². The molecule has 2 rings (SSSR count). The van der Waals surface area contributed by atoms with Crippen molar-refractivity contribution in [1.82, 2.24) is 10.3 Å². The van der Waals surface area contributed by atoms with Crippen LogP contribution < -0.4 is 11.3 Å². The molecule has 1 aliphatic rings. The van der Waals surface area contributed by atoms with Crippen LogP contribution in [-0.2, 0) is 0 Å². The Morgan fingerprint density at radius 3 is 2.29 bits per heavy atom. The van der Waals surface area contributed by atoms with Crippen LogP contribution in [0.3, 0.4) is 0 Å². The van der Waals surface area contributed by atoms with Gasteiger partial charge in [0.25, 0.3) is 0 Å². The van der Waals surface area contributed by atoms with Crippen molar-refractivity contribution in [3.63, 3.8) is 0 Å². The Labute approximate surface area is 129 Å². The van der Waals surface area contributed by atoms with E-state index in [0.717, 1.165) is 5.92 Å². The highest BCUT2D eigenvalue weighted by atomic mass is 15.3. The molecule has 21 heavy (non-hydrogen) atoms. The summed E-state index contributed by atoms with van der Waals surface area (Å²) >= 11 is 0. The largest absolute Gasteiger partial charge is 0.302 e. The number of benzene rings is 1. The van der Waals surface area contributed by atoms with E-state index < -0.39 is 0 Å². The van der Waals surface area contributed by atoms with E-state index in [1.54, 1.807) is 0 Å². The van der Waals surface area contributed by atoms with Gasteiger partial charge in [-0.3, -0.25) is 11.3 Å². The molecule has 0 aromatic heterocycles. The van der Waals surface area contributed by atoms with Crippen molar-refractivity contribution in [3.05, 3.63) is 34.9 Å². The van der Waals surface area contributed by atoms with Gasteiger partial charge in [-0.1, -0.05) is 25.1 Å². The van der Waals surface area contributed by atoms with Crippen LogP contribution >= 0.6 is 0 Å². The molecule has 1 aromatic rings. The van der Waals surface area contributed by atoms with Crippen LogP contribution in [0.2, 0.25) is 0 Å². The minimum Gasteiger partial charge on any atom is -0.302 e. The number of rotatable bonds is 4. The van der Waals surface area contributed by atoms with E-state index in [1.165, 1.54) is 42.4 Å². The van der Waals surface area contributed by atoms with Crippen LogP contribution in [0.15, 0.2) is 18.2 Å². The second kappa shape index (κ2) is 6.47. The Hall–Kier alpha value is -0.900. The standard InChI is InChI=1S/C18H31N3/c1-13-8-10-18(11-9-13,21(4)5)17(20-19)16-7-6-14(2)15(3)12-16/h6-7,12-13,17,20H,8-11,19H2,1-5H3. The van der Waals surface area contributed by atoms with Crippen LogP contribution in [-0.4, -0.2) is 24.5 Å². The first kappa shape index (κ1) is 16.5. The molecule has 3 nitrogen and oxygen atoms in total. The number of hydrazine groups is 1. The third kappa shape index (κ3) is 3.15. The molecule has 0 aliphatic heterocycles. The molecular weight excluding hydrogens is 258 g/mol. The van der Waals surface area contributed by atoms with Gasteiger partial charge in [0, 0.05) is 5.54 Å². The monoisotopic (exact) mass is 289 g/mol. The average molecular weight is 289 g/mol. The zero-order valence-electron chi connectivity index (χ0n) is 14.2. The smallest absolute Gasteiger partial charge is 0.0643 e. The van der Waals surface area contributed by atoms with E-state index in [9.17, 15) is 0 Å². The minimum atomic E-state index is 0.114. The fourth-order valence-electron chi connectivity index (χ4n) is 3.76. The number of nitrogens with two attached hydrogens (primary N) is 1. The van der Waals surface area contributed by atoms with Crippen LogP contribution in [0.25, 0.3) is 0 Å². The average Bonchev–Trinajstić information content (AvgIpc) is 2.45. The Bertz CT molecular complexity index is 473. The Morgan fingerprint density at radius 2 is 1.81 bits per heavy atom. The SMILES string of the molecule is Cc1ccc(C(NN)C2(N(C)C)CCC(C)CC2)cc1C. The number of likely N-dealkylation sites (N-methyl/N-ethyl adjacent to an activating group) is 1. The molecule has 1 aromatic carbocycles. The summed E-state index contributed by atoms with van der Waals surface area (Å²) in [6, 6.07) is 6.92. The van der Waals surface area contributed by atoms with Gasteiger partial charge in [0.05, 0.1) is 6.04 Å². The molecule has 1 fully saturated rings. The molecule has 1 aliphatic carbocycles. The van der Waals surface area contributed by atoms with Crippen molar-refractivity contribution in [2.24, 2.45) is 11.8 Å². The second-order valence-corrected chi connectivity index (χ2v) is 7.12. The van der Waals surface area contributed by atoms with E-state index in [2.05, 4.69) is 63.4 Å². The first-order valence-corrected chi connectivity index (χ1v) is 8.11. The lowest BCUT2D eigenvalue weighted by molar-refractivity contribution is 0.0428. The van der Waals surface area contributed by atoms with Crippen molar-refractivity contribution in [1.29, 1.82) is 0 Å². The quantitative estimate of drug-likeness (QED) is 0.660. The van der Waals surface area contributed by atoms with Gasteiger partial charge >= 0.3 is 0 Å². The Kier molecular flexibility index (Phi) is 5.07. The summed E-state index contributed by atoms with van der Waals surface area (Å²) in [7, 11) is 4.39. The third-order valence-corrected chi connectivity index (χ3v) is 5.60. The van der Waals surface area contributed by atoms with Gasteiger partial charge in [-0.25, -0.2) is 0 Å². The molecule has 0 spiro atoms. The number of hydrogen-bond donors (Lipinski definition) is 2. The van der Waals surface area contributed by atoms with Crippen LogP contribution in [0.5, 0.6) is 0 Å². The number of nitrogens with zero attached hydrogens (tertiary/aromatic N) is 1. The van der Waals surface area contributed by atoms with Crippen LogP contribution in [0, 0.1) is 19.8 Å². The fraction of sp³-hybridized carbons (Fsp3) is 0.667. The fourth-order valence-corrected chi connectivity index (χ4v) is 3.76. The topological polar surface area (TPSA) is 41.3 Å². The van der Waals surface area contributed by atoms with Gasteiger partial charge in [-0.2, -0.15) is 0 Å². The first-order valence-electron chi connectivity index (χ1n) is 8.11. The van der Waals surface area contributed by atoms with Gasteiger partial charge in [-0.05, 0) is 76.2 Å². The number of aryl methyl sites for hydroxylation is 2. The highest BCUT2D eigenvalue weighted by Gasteiger charge is 2.43. The molecule has 0 heterocycles. The number of hydrogen-bond acceptors (Lipinski definition) is 3. The summed E-state index contributed by atoms with van der Waals surface area (Å²) < 4.78 is 0. The summed E-state index contributed by atoms with van der Waals surface area (Å²) in [5.41, 5.74) is 7.23. The molecule has 0 amide bonds. The van der Waals surface area contributed by atoms with Crippen LogP contribution in [0.4, 0.5) is 0 Å². The van der Waals surface area contributed by atoms with Crippen molar-refractivity contribution >= 4 is 0 Å². The molecule has 118 valence electrons. The van der Waals surface area contributed by atoms with Crippen LogP contribution in [0.1, 0.15) is 55.3 Å². The van der Waals surface area contributed by atoms with Crippen molar-refractivity contribution in [2.45, 2.75) is 58.0 Å². The maximum absolute atomic E-state index is 6.00. The molecular formula is C18H31N3. The maximum Gasteiger partial charge on any atom is 0.0643 e. The summed E-state index contributed by atoms with van der Waals surface area (Å²) in [5.74, 6) is 6.83. The summed E-state index contributed by atoms with van der Waals surface area (Å²) in [5, 5.41) is 0. The van der Waals surface area contributed by atoms with Crippen molar-refractivity contribution in [3.8, 4) is 0 Å². The van der Waals surface area contributed by atoms with E-state index in [-0.39, 0.29) is 11.6 Å². The molecule has 1 atom stereocenters. The van der Waals surface area contributed by atoms with Crippen molar-refractivity contribution < 1.29 is 0 Å². The first-order chi connectivity index (χ1) is 9.90. The molecule has 1 saturated carbocycles. The van der Waals surface area contributed by atoms with E-state index >= 15 is 0 Å². The minimum absolute atomic E-state index is 0.114. The van der Waals surface area contributed by atoms with E-state index in [1.807, 2.05) is 0 Å². The van der Waals surface area contributed by atoms with Crippen molar-refractivity contribution in [2.75, 3.05) is 14.1 Å². The highest BCUT2D eigenvalue weighted by molar-refractivity contribution is 5.33. The lowest BCUT2D eigenvalue weighted by Gasteiger charge is -2.49. The van der Waals surface area contributed by atoms with Gasteiger partial charge < -0.3 is 4.90 Å². The van der Waals surface area contributed by atoms with Gasteiger partial charge in [0.15, 0.2) is 0 Å². The molecule has 0 bridgehead atoms.